The maximum atomic E-state index is 11.1. The zero-order chi connectivity index (χ0) is 10.7. The number of tetrazole rings is 1. The van der Waals surface area contributed by atoms with Crippen LogP contribution in [0.2, 0.25) is 0 Å². The molecule has 2 rings (SSSR count). The molecule has 15 heavy (non-hydrogen) atoms. The van der Waals surface area contributed by atoms with Crippen LogP contribution in [-0.4, -0.2) is 30.6 Å². The van der Waals surface area contributed by atoms with Crippen LogP contribution in [0.1, 0.15) is 5.82 Å². The van der Waals surface area contributed by atoms with Crippen molar-refractivity contribution in [2.24, 2.45) is 0 Å². The van der Waals surface area contributed by atoms with Crippen LogP contribution in [0.4, 0.5) is 11.6 Å². The lowest BCUT2D eigenvalue weighted by atomic mass is 10.5. The number of nitrogen functional groups attached to an aromatic ring is 1. The van der Waals surface area contributed by atoms with Crippen molar-refractivity contribution in [1.29, 1.82) is 0 Å². The van der Waals surface area contributed by atoms with Gasteiger partial charge in [-0.3, -0.25) is 9.78 Å². The Labute approximate surface area is 83.1 Å². The molecule has 0 saturated carbocycles. The Morgan fingerprint density at radius 2 is 2.40 bits per heavy atom. The van der Waals surface area contributed by atoms with E-state index in [1.807, 2.05) is 0 Å². The van der Waals surface area contributed by atoms with Gasteiger partial charge in [0.05, 0.1) is 12.7 Å². The summed E-state index contributed by atoms with van der Waals surface area (Å²) in [6.07, 6.45) is 1.28. The Hall–Kier alpha value is -2.45. The van der Waals surface area contributed by atoms with Crippen molar-refractivity contribution in [3.8, 4) is 0 Å². The highest BCUT2D eigenvalue weighted by atomic mass is 16.1. The normalized spacial score (nSPS) is 10.1. The van der Waals surface area contributed by atoms with Crippen LogP contribution in [0.15, 0.2) is 11.0 Å². The first-order valence-corrected chi connectivity index (χ1v) is 4.06. The summed E-state index contributed by atoms with van der Waals surface area (Å²) in [5.74, 6) is 0.772. The van der Waals surface area contributed by atoms with Gasteiger partial charge in [0.2, 0.25) is 5.95 Å². The van der Waals surface area contributed by atoms with E-state index in [-0.39, 0.29) is 11.2 Å². The molecule has 2 aromatic rings. The van der Waals surface area contributed by atoms with Gasteiger partial charge in [0.15, 0.2) is 5.82 Å². The third-order valence-electron chi connectivity index (χ3n) is 1.63. The van der Waals surface area contributed by atoms with E-state index < -0.39 is 0 Å². The molecule has 0 aromatic carbocycles. The van der Waals surface area contributed by atoms with Gasteiger partial charge < -0.3 is 11.1 Å². The topological polar surface area (TPSA) is 138 Å². The van der Waals surface area contributed by atoms with Crippen molar-refractivity contribution in [1.82, 2.24) is 30.6 Å². The van der Waals surface area contributed by atoms with Crippen LogP contribution in [0.3, 0.4) is 0 Å². The molecule has 0 spiro atoms. The standard InChI is InChI=1S/C6H8N8O/c7-3-1-8-6(10-5(3)15)9-2-4-11-13-14-12-4/h1H,2,7H2,(H2,8,9,10,15)(H,11,12,13,14). The lowest BCUT2D eigenvalue weighted by Gasteiger charge is -2.01. The first-order valence-electron chi connectivity index (χ1n) is 4.06. The van der Waals surface area contributed by atoms with Crippen LogP contribution in [0, 0.1) is 0 Å². The molecule has 0 unspecified atom stereocenters. The highest BCUT2D eigenvalue weighted by Crippen LogP contribution is 1.96. The summed E-state index contributed by atoms with van der Waals surface area (Å²) in [6, 6.07) is 0. The molecule has 78 valence electrons. The summed E-state index contributed by atoms with van der Waals surface area (Å²) < 4.78 is 0. The van der Waals surface area contributed by atoms with E-state index in [1.54, 1.807) is 0 Å². The van der Waals surface area contributed by atoms with Gasteiger partial charge >= 0.3 is 0 Å². The quantitative estimate of drug-likeness (QED) is 0.480. The van der Waals surface area contributed by atoms with Crippen molar-refractivity contribution in [3.05, 3.63) is 22.4 Å². The van der Waals surface area contributed by atoms with Gasteiger partial charge in [0, 0.05) is 0 Å². The number of nitrogens with two attached hydrogens (primary N) is 1. The van der Waals surface area contributed by atoms with Crippen LogP contribution in [-0.2, 0) is 6.54 Å². The maximum Gasteiger partial charge on any atom is 0.275 e. The van der Waals surface area contributed by atoms with Gasteiger partial charge in [0.1, 0.15) is 5.69 Å². The predicted molar refractivity (Wildman–Crippen MR) is 50.8 cm³/mol. The molecule has 2 aromatic heterocycles. The molecule has 0 atom stereocenters. The average Bonchev–Trinajstić information content (AvgIpc) is 2.73. The van der Waals surface area contributed by atoms with E-state index in [1.165, 1.54) is 6.20 Å². The number of H-pyrrole nitrogens is 2. The minimum absolute atomic E-state index is 0.0695. The monoisotopic (exact) mass is 208 g/mol. The van der Waals surface area contributed by atoms with Crippen LogP contribution in [0.25, 0.3) is 0 Å². The van der Waals surface area contributed by atoms with Crippen LogP contribution < -0.4 is 16.6 Å². The highest BCUT2D eigenvalue weighted by Gasteiger charge is 2.00. The third kappa shape index (κ3) is 2.07. The molecule has 0 aliphatic carbocycles. The second kappa shape index (κ2) is 3.74. The van der Waals surface area contributed by atoms with Crippen molar-refractivity contribution in [2.75, 3.05) is 11.1 Å². The molecule has 5 N–H and O–H groups in total. The Morgan fingerprint density at radius 1 is 1.53 bits per heavy atom. The second-order valence-corrected chi connectivity index (χ2v) is 2.70. The molecule has 0 radical (unpaired) electrons. The number of nitrogens with zero attached hydrogens (tertiary/aromatic N) is 4. The summed E-state index contributed by atoms with van der Waals surface area (Å²) in [5, 5.41) is 15.9. The Bertz CT molecular complexity index is 488. The zero-order valence-corrected chi connectivity index (χ0v) is 7.56. The van der Waals surface area contributed by atoms with E-state index in [4.69, 9.17) is 5.73 Å². The fraction of sp³-hybridized carbons (Fsp3) is 0.167. The largest absolute Gasteiger partial charge is 0.393 e. The lowest BCUT2D eigenvalue weighted by molar-refractivity contribution is 0.881. The van der Waals surface area contributed by atoms with E-state index in [9.17, 15) is 4.79 Å². The van der Waals surface area contributed by atoms with Crippen LogP contribution in [0.5, 0.6) is 0 Å². The molecule has 9 heteroatoms. The van der Waals surface area contributed by atoms with Crippen LogP contribution >= 0.6 is 0 Å². The first-order chi connectivity index (χ1) is 7.25. The smallest absolute Gasteiger partial charge is 0.275 e. The zero-order valence-electron chi connectivity index (χ0n) is 7.56. The first kappa shape index (κ1) is 9.12. The van der Waals surface area contributed by atoms with Crippen molar-refractivity contribution in [2.45, 2.75) is 6.54 Å². The molecular formula is C6H8N8O. The summed E-state index contributed by atoms with van der Waals surface area (Å²) in [5.41, 5.74) is 4.99. The third-order valence-corrected chi connectivity index (χ3v) is 1.63. The number of hydrogen-bond donors (Lipinski definition) is 4. The van der Waals surface area contributed by atoms with E-state index in [0.717, 1.165) is 0 Å². The Balaban J connectivity index is 2.06. The fourth-order valence-electron chi connectivity index (χ4n) is 0.915. The van der Waals surface area contributed by atoms with E-state index >= 15 is 0 Å². The van der Waals surface area contributed by atoms with Gasteiger partial charge in [-0.25, -0.2) is 4.98 Å². The van der Waals surface area contributed by atoms with E-state index in [0.29, 0.717) is 18.3 Å². The minimum atomic E-state index is -0.388. The van der Waals surface area contributed by atoms with Gasteiger partial charge in [-0.2, -0.15) is 5.21 Å². The number of nitrogens with one attached hydrogen (secondary N) is 3. The van der Waals surface area contributed by atoms with Gasteiger partial charge in [-0.05, 0) is 0 Å². The SMILES string of the molecule is Nc1cnc(NCc2nn[nH]n2)[nH]c1=O. The highest BCUT2D eigenvalue weighted by molar-refractivity contribution is 5.35. The van der Waals surface area contributed by atoms with Gasteiger partial charge in [0.25, 0.3) is 5.56 Å². The molecule has 2 heterocycles. The van der Waals surface area contributed by atoms with E-state index in [2.05, 4.69) is 35.9 Å². The molecule has 0 saturated heterocycles. The number of aromatic nitrogens is 6. The molecular weight excluding hydrogens is 200 g/mol. The molecule has 0 bridgehead atoms. The number of hydrogen-bond acceptors (Lipinski definition) is 7. The predicted octanol–water partition coefficient (Wildman–Crippen LogP) is -1.52. The molecule has 0 aliphatic heterocycles. The summed E-state index contributed by atoms with van der Waals surface area (Å²) in [6.45, 7) is 0.309. The molecule has 0 aliphatic rings. The van der Waals surface area contributed by atoms with Gasteiger partial charge in [-0.1, -0.05) is 5.21 Å². The average molecular weight is 208 g/mol. The van der Waals surface area contributed by atoms with Gasteiger partial charge in [-0.15, -0.1) is 10.2 Å². The molecule has 0 fully saturated rings. The lowest BCUT2D eigenvalue weighted by Crippen LogP contribution is -2.16. The van der Waals surface area contributed by atoms with Crippen molar-refractivity contribution < 1.29 is 0 Å². The fourth-order valence-corrected chi connectivity index (χ4v) is 0.915. The summed E-state index contributed by atoms with van der Waals surface area (Å²) >= 11 is 0. The summed E-state index contributed by atoms with van der Waals surface area (Å²) in [7, 11) is 0. The number of aromatic amines is 2. The Kier molecular flexibility index (Phi) is 2.27. The minimum Gasteiger partial charge on any atom is -0.393 e. The Morgan fingerprint density at radius 3 is 3.07 bits per heavy atom. The van der Waals surface area contributed by atoms with Crippen molar-refractivity contribution in [3.63, 3.8) is 0 Å². The number of rotatable bonds is 3. The summed E-state index contributed by atoms with van der Waals surface area (Å²) in [4.78, 5) is 17.4. The molecule has 0 amide bonds. The van der Waals surface area contributed by atoms with Crippen molar-refractivity contribution >= 4 is 11.6 Å². The number of anilines is 2. The second-order valence-electron chi connectivity index (χ2n) is 2.70. The molecule has 9 nitrogen and oxygen atoms in total. The maximum absolute atomic E-state index is 11.1.